The van der Waals surface area contributed by atoms with Crippen LogP contribution in [0.5, 0.6) is 0 Å². The monoisotopic (exact) mass is 310 g/mol. The van der Waals surface area contributed by atoms with Crippen molar-refractivity contribution in [2.75, 3.05) is 0 Å². The van der Waals surface area contributed by atoms with Crippen LogP contribution >= 0.6 is 0 Å². The highest BCUT2D eigenvalue weighted by Gasteiger charge is 2.01. The Bertz CT molecular complexity index is 534. The molecule has 0 bridgehead atoms. The predicted molar refractivity (Wildman–Crippen MR) is 98.3 cm³/mol. The Labute approximate surface area is 141 Å². The van der Waals surface area contributed by atoms with E-state index in [0.717, 1.165) is 23.7 Å². The first kappa shape index (κ1) is 17.7. The first-order valence-electron chi connectivity index (χ1n) is 9.16. The summed E-state index contributed by atoms with van der Waals surface area (Å²) in [6.45, 7) is 4.64. The maximum atomic E-state index is 4.51. The van der Waals surface area contributed by atoms with Gasteiger partial charge in [0.1, 0.15) is 5.82 Å². The number of unbranched alkanes of at least 4 members (excludes halogenated alkanes) is 4. The SMILES string of the molecule is CC[C@H](C)CCCCCCCc1ncc(-c2ccccc2)cn1. The van der Waals surface area contributed by atoms with Crippen molar-refractivity contribution in [2.24, 2.45) is 5.92 Å². The molecule has 0 aliphatic heterocycles. The van der Waals surface area contributed by atoms with E-state index in [1.54, 1.807) is 0 Å². The molecule has 2 aromatic rings. The number of aryl methyl sites for hydroxylation is 1. The van der Waals surface area contributed by atoms with Crippen LogP contribution in [0.2, 0.25) is 0 Å². The summed E-state index contributed by atoms with van der Waals surface area (Å²) in [5, 5.41) is 0. The average Bonchev–Trinajstić information content (AvgIpc) is 2.62. The van der Waals surface area contributed by atoms with Crippen LogP contribution in [0.3, 0.4) is 0 Å². The molecule has 1 aromatic heterocycles. The molecule has 1 aromatic carbocycles. The number of aromatic nitrogens is 2. The van der Waals surface area contributed by atoms with Gasteiger partial charge < -0.3 is 0 Å². The maximum Gasteiger partial charge on any atom is 0.128 e. The fourth-order valence-electron chi connectivity index (χ4n) is 2.77. The van der Waals surface area contributed by atoms with Crippen LogP contribution in [0.25, 0.3) is 11.1 Å². The molecular formula is C21H30N2. The summed E-state index contributed by atoms with van der Waals surface area (Å²) in [4.78, 5) is 9.02. The number of rotatable bonds is 10. The maximum absolute atomic E-state index is 4.51. The predicted octanol–water partition coefficient (Wildman–Crippen LogP) is 6.07. The van der Waals surface area contributed by atoms with Crippen molar-refractivity contribution in [1.29, 1.82) is 0 Å². The van der Waals surface area contributed by atoms with Crippen molar-refractivity contribution >= 4 is 0 Å². The van der Waals surface area contributed by atoms with Gasteiger partial charge in [-0.15, -0.1) is 0 Å². The third-order valence-corrected chi connectivity index (χ3v) is 4.61. The first-order valence-corrected chi connectivity index (χ1v) is 9.16. The van der Waals surface area contributed by atoms with Crippen LogP contribution in [0, 0.1) is 5.92 Å². The number of hydrogen-bond donors (Lipinski definition) is 0. The second-order valence-electron chi connectivity index (χ2n) is 6.57. The Morgan fingerprint density at radius 3 is 2.17 bits per heavy atom. The smallest absolute Gasteiger partial charge is 0.128 e. The molecule has 1 heterocycles. The second kappa shape index (κ2) is 10.1. The van der Waals surface area contributed by atoms with E-state index in [4.69, 9.17) is 0 Å². The van der Waals surface area contributed by atoms with Gasteiger partial charge in [0.2, 0.25) is 0 Å². The van der Waals surface area contributed by atoms with Gasteiger partial charge in [0.25, 0.3) is 0 Å². The highest BCUT2D eigenvalue weighted by Crippen LogP contribution is 2.17. The van der Waals surface area contributed by atoms with Gasteiger partial charge in [-0.1, -0.05) is 82.7 Å². The molecule has 124 valence electrons. The van der Waals surface area contributed by atoms with E-state index in [-0.39, 0.29) is 0 Å². The number of hydrogen-bond acceptors (Lipinski definition) is 2. The van der Waals surface area contributed by atoms with Crippen LogP contribution in [-0.2, 0) is 6.42 Å². The summed E-state index contributed by atoms with van der Waals surface area (Å²) in [6.07, 6.45) is 14.2. The van der Waals surface area contributed by atoms with Crippen LogP contribution in [0.1, 0.15) is 64.6 Å². The van der Waals surface area contributed by atoms with E-state index in [0.29, 0.717) is 0 Å². The molecule has 0 radical (unpaired) electrons. The summed E-state index contributed by atoms with van der Waals surface area (Å²) < 4.78 is 0. The molecule has 0 spiro atoms. The second-order valence-corrected chi connectivity index (χ2v) is 6.57. The lowest BCUT2D eigenvalue weighted by Crippen LogP contribution is -1.95. The Morgan fingerprint density at radius 1 is 0.826 bits per heavy atom. The van der Waals surface area contributed by atoms with Gasteiger partial charge >= 0.3 is 0 Å². The topological polar surface area (TPSA) is 25.8 Å². The Morgan fingerprint density at radius 2 is 1.48 bits per heavy atom. The summed E-state index contributed by atoms with van der Waals surface area (Å²) in [5.74, 6) is 1.87. The van der Waals surface area contributed by atoms with Gasteiger partial charge in [-0.25, -0.2) is 9.97 Å². The Kier molecular flexibility index (Phi) is 7.79. The molecule has 2 rings (SSSR count). The molecule has 0 saturated carbocycles. The standard InChI is InChI=1S/C21H30N2/c1-3-18(2)12-8-5-4-6-11-15-21-22-16-20(17-23-21)19-13-9-7-10-14-19/h7,9-10,13-14,16-18H,3-6,8,11-12,15H2,1-2H3/t18-/m0/s1. The molecule has 0 aliphatic carbocycles. The molecule has 0 N–H and O–H groups in total. The van der Waals surface area contributed by atoms with Gasteiger partial charge in [0.15, 0.2) is 0 Å². The zero-order chi connectivity index (χ0) is 16.3. The van der Waals surface area contributed by atoms with Crippen molar-refractivity contribution in [2.45, 2.75) is 65.2 Å². The van der Waals surface area contributed by atoms with Crippen molar-refractivity contribution in [3.05, 3.63) is 48.5 Å². The van der Waals surface area contributed by atoms with Crippen molar-refractivity contribution in [3.63, 3.8) is 0 Å². The van der Waals surface area contributed by atoms with Gasteiger partial charge in [0.05, 0.1) is 0 Å². The van der Waals surface area contributed by atoms with Crippen LogP contribution in [0.4, 0.5) is 0 Å². The molecule has 0 amide bonds. The number of benzene rings is 1. The van der Waals surface area contributed by atoms with Crippen molar-refractivity contribution < 1.29 is 0 Å². The minimum atomic E-state index is 0.895. The molecule has 0 saturated heterocycles. The van der Waals surface area contributed by atoms with Gasteiger partial charge in [-0.2, -0.15) is 0 Å². The summed E-state index contributed by atoms with van der Waals surface area (Å²) in [5.41, 5.74) is 2.28. The van der Waals surface area contributed by atoms with Crippen molar-refractivity contribution in [3.8, 4) is 11.1 Å². The van der Waals surface area contributed by atoms with E-state index in [9.17, 15) is 0 Å². The van der Waals surface area contributed by atoms with Gasteiger partial charge in [0, 0.05) is 24.4 Å². The zero-order valence-corrected chi connectivity index (χ0v) is 14.7. The first-order chi connectivity index (χ1) is 11.3. The minimum Gasteiger partial charge on any atom is -0.241 e. The Hall–Kier alpha value is -1.70. The molecular weight excluding hydrogens is 280 g/mol. The summed E-state index contributed by atoms with van der Waals surface area (Å²) >= 11 is 0. The molecule has 23 heavy (non-hydrogen) atoms. The molecule has 1 atom stereocenters. The minimum absolute atomic E-state index is 0.895. The quantitative estimate of drug-likeness (QED) is 0.497. The highest BCUT2D eigenvalue weighted by molar-refractivity contribution is 5.60. The van der Waals surface area contributed by atoms with Gasteiger partial charge in [-0.3, -0.25) is 0 Å². The van der Waals surface area contributed by atoms with E-state index in [1.165, 1.54) is 50.5 Å². The van der Waals surface area contributed by atoms with Crippen LogP contribution in [-0.4, -0.2) is 9.97 Å². The zero-order valence-electron chi connectivity index (χ0n) is 14.7. The third-order valence-electron chi connectivity index (χ3n) is 4.61. The lowest BCUT2D eigenvalue weighted by molar-refractivity contribution is 0.472. The Balaban J connectivity index is 1.63. The lowest BCUT2D eigenvalue weighted by Gasteiger charge is -2.07. The summed E-state index contributed by atoms with van der Waals surface area (Å²) in [6, 6.07) is 10.3. The molecule has 0 aliphatic rings. The largest absolute Gasteiger partial charge is 0.241 e. The normalized spacial score (nSPS) is 12.3. The third kappa shape index (κ3) is 6.52. The fraction of sp³-hybridized carbons (Fsp3) is 0.524. The van der Waals surface area contributed by atoms with Crippen LogP contribution < -0.4 is 0 Å². The summed E-state index contributed by atoms with van der Waals surface area (Å²) in [7, 11) is 0. The van der Waals surface area contributed by atoms with E-state index in [1.807, 2.05) is 30.6 Å². The van der Waals surface area contributed by atoms with E-state index < -0.39 is 0 Å². The number of nitrogens with zero attached hydrogens (tertiary/aromatic N) is 2. The molecule has 2 heteroatoms. The van der Waals surface area contributed by atoms with Crippen molar-refractivity contribution in [1.82, 2.24) is 9.97 Å². The van der Waals surface area contributed by atoms with E-state index in [2.05, 4.69) is 35.9 Å². The van der Waals surface area contributed by atoms with E-state index >= 15 is 0 Å². The average molecular weight is 310 g/mol. The molecule has 2 nitrogen and oxygen atoms in total. The lowest BCUT2D eigenvalue weighted by atomic mass is 10.00. The molecule has 0 unspecified atom stereocenters. The molecule has 0 fully saturated rings. The van der Waals surface area contributed by atoms with Crippen LogP contribution in [0.15, 0.2) is 42.7 Å². The highest BCUT2D eigenvalue weighted by atomic mass is 14.9. The fourth-order valence-corrected chi connectivity index (χ4v) is 2.77. The van der Waals surface area contributed by atoms with Gasteiger partial charge in [-0.05, 0) is 17.9 Å².